The fourth-order valence-electron chi connectivity index (χ4n) is 1.14. The lowest BCUT2D eigenvalue weighted by Gasteiger charge is -2.08. The number of thioether (sulfide) groups is 1. The zero-order valence-corrected chi connectivity index (χ0v) is 11.0. The molecule has 0 aromatic carbocycles. The fourth-order valence-corrected chi connectivity index (χ4v) is 1.78. The average Bonchev–Trinajstić information content (AvgIpc) is 2.32. The molecule has 0 radical (unpaired) electrons. The number of hydrogen-bond donors (Lipinski definition) is 3. The summed E-state index contributed by atoms with van der Waals surface area (Å²) in [7, 11) is 0. The number of nitrogens with two attached hydrogens (primary N) is 1. The standard InChI is InChI=1S/C9H10ClF3N4OS/c10-6-3-5(4-7(16-6)17-14)8(18)15-1-2-19-9(11,12)13/h3-4H,1-2,14H2,(H,15,18)(H,16,17). The maximum Gasteiger partial charge on any atom is 0.441 e. The summed E-state index contributed by atoms with van der Waals surface area (Å²) in [6, 6.07) is 2.62. The van der Waals surface area contributed by atoms with Crippen LogP contribution in [0.3, 0.4) is 0 Å². The molecule has 106 valence electrons. The summed E-state index contributed by atoms with van der Waals surface area (Å²) in [5, 5.41) is 2.38. The number of halogens is 4. The zero-order chi connectivity index (χ0) is 14.5. The van der Waals surface area contributed by atoms with Crippen LogP contribution in [0.15, 0.2) is 12.1 Å². The highest BCUT2D eigenvalue weighted by atomic mass is 35.5. The van der Waals surface area contributed by atoms with Crippen LogP contribution in [0.25, 0.3) is 0 Å². The minimum atomic E-state index is -4.30. The number of aromatic nitrogens is 1. The molecule has 1 amide bonds. The predicted octanol–water partition coefficient (Wildman–Crippen LogP) is 2.00. The number of carbonyl (C=O) groups is 1. The van der Waals surface area contributed by atoms with Crippen molar-refractivity contribution in [2.75, 3.05) is 17.7 Å². The third-order valence-electron chi connectivity index (χ3n) is 1.86. The summed E-state index contributed by atoms with van der Waals surface area (Å²) >= 11 is 5.45. The molecule has 0 aliphatic heterocycles. The largest absolute Gasteiger partial charge is 0.441 e. The number of pyridine rings is 1. The Kier molecular flexibility index (Phi) is 5.70. The van der Waals surface area contributed by atoms with Crippen molar-refractivity contribution in [1.29, 1.82) is 0 Å². The second-order valence-electron chi connectivity index (χ2n) is 3.26. The first-order valence-corrected chi connectivity index (χ1v) is 6.31. The van der Waals surface area contributed by atoms with E-state index in [9.17, 15) is 18.0 Å². The number of carbonyl (C=O) groups excluding carboxylic acids is 1. The van der Waals surface area contributed by atoms with Crippen LogP contribution in [0.4, 0.5) is 19.0 Å². The molecule has 0 atom stereocenters. The van der Waals surface area contributed by atoms with Crippen LogP contribution < -0.4 is 16.6 Å². The lowest BCUT2D eigenvalue weighted by molar-refractivity contribution is -0.0327. The van der Waals surface area contributed by atoms with Gasteiger partial charge in [0.2, 0.25) is 0 Å². The first kappa shape index (κ1) is 15.9. The molecular formula is C9H10ClF3N4OS. The molecule has 0 saturated heterocycles. The predicted molar refractivity (Wildman–Crippen MR) is 67.9 cm³/mol. The van der Waals surface area contributed by atoms with Gasteiger partial charge < -0.3 is 10.7 Å². The van der Waals surface area contributed by atoms with Crippen molar-refractivity contribution >= 4 is 35.1 Å². The van der Waals surface area contributed by atoms with Gasteiger partial charge >= 0.3 is 5.51 Å². The molecule has 1 aromatic heterocycles. The number of nitrogens with one attached hydrogen (secondary N) is 2. The molecule has 4 N–H and O–H groups in total. The maximum absolute atomic E-state index is 11.9. The van der Waals surface area contributed by atoms with Crippen LogP contribution in [-0.4, -0.2) is 28.7 Å². The van der Waals surface area contributed by atoms with E-state index in [1.165, 1.54) is 12.1 Å². The second kappa shape index (κ2) is 6.83. The van der Waals surface area contributed by atoms with Gasteiger partial charge in [0, 0.05) is 17.9 Å². The summed E-state index contributed by atoms with van der Waals surface area (Å²) in [4.78, 5) is 15.4. The monoisotopic (exact) mass is 314 g/mol. The van der Waals surface area contributed by atoms with E-state index in [1.807, 2.05) is 0 Å². The van der Waals surface area contributed by atoms with Crippen molar-refractivity contribution in [1.82, 2.24) is 10.3 Å². The van der Waals surface area contributed by atoms with Crippen LogP contribution in [0.5, 0.6) is 0 Å². The first-order valence-electron chi connectivity index (χ1n) is 4.95. The Morgan fingerprint density at radius 2 is 2.16 bits per heavy atom. The molecule has 0 aliphatic carbocycles. The number of alkyl halides is 3. The van der Waals surface area contributed by atoms with Crippen molar-refractivity contribution in [3.63, 3.8) is 0 Å². The van der Waals surface area contributed by atoms with Crippen LogP contribution in [0.1, 0.15) is 10.4 Å². The van der Waals surface area contributed by atoms with Crippen molar-refractivity contribution < 1.29 is 18.0 Å². The number of nitrogen functional groups attached to an aromatic ring is 1. The minimum absolute atomic E-state index is 0.0465. The van der Waals surface area contributed by atoms with E-state index < -0.39 is 11.4 Å². The summed E-state index contributed by atoms with van der Waals surface area (Å²) in [6.45, 7) is -0.117. The molecule has 1 rings (SSSR count). The molecule has 0 unspecified atom stereocenters. The third kappa shape index (κ3) is 5.99. The normalized spacial score (nSPS) is 11.2. The highest BCUT2D eigenvalue weighted by molar-refractivity contribution is 8.00. The lowest BCUT2D eigenvalue weighted by Crippen LogP contribution is -2.26. The van der Waals surface area contributed by atoms with Gasteiger partial charge in [0.25, 0.3) is 5.91 Å². The fraction of sp³-hybridized carbons (Fsp3) is 0.333. The number of hydrogen-bond acceptors (Lipinski definition) is 5. The average molecular weight is 315 g/mol. The summed E-state index contributed by atoms with van der Waals surface area (Å²) in [5.74, 6) is 4.49. The maximum atomic E-state index is 11.9. The Morgan fingerprint density at radius 1 is 1.47 bits per heavy atom. The van der Waals surface area contributed by atoms with Crippen molar-refractivity contribution in [2.24, 2.45) is 5.84 Å². The molecule has 0 bridgehead atoms. The van der Waals surface area contributed by atoms with Gasteiger partial charge in [0.1, 0.15) is 11.0 Å². The van der Waals surface area contributed by atoms with Crippen LogP contribution in [0.2, 0.25) is 5.15 Å². The van der Waals surface area contributed by atoms with Crippen molar-refractivity contribution in [3.05, 3.63) is 22.8 Å². The highest BCUT2D eigenvalue weighted by Gasteiger charge is 2.27. The van der Waals surface area contributed by atoms with Crippen molar-refractivity contribution in [2.45, 2.75) is 5.51 Å². The van der Waals surface area contributed by atoms with Gasteiger partial charge in [0.15, 0.2) is 0 Å². The number of nitrogens with zero attached hydrogens (tertiary/aromatic N) is 1. The first-order chi connectivity index (χ1) is 8.81. The molecule has 0 saturated carbocycles. The van der Waals surface area contributed by atoms with Gasteiger partial charge in [-0.1, -0.05) is 11.6 Å². The van der Waals surface area contributed by atoms with E-state index in [0.29, 0.717) is 0 Å². The Balaban J connectivity index is 2.52. The molecular weight excluding hydrogens is 305 g/mol. The number of hydrazine groups is 1. The molecule has 5 nitrogen and oxygen atoms in total. The van der Waals surface area contributed by atoms with E-state index in [2.05, 4.69) is 15.7 Å². The van der Waals surface area contributed by atoms with E-state index in [4.69, 9.17) is 17.4 Å². The van der Waals surface area contributed by atoms with E-state index in [0.717, 1.165) is 0 Å². The molecule has 0 fully saturated rings. The Bertz CT molecular complexity index is 458. The molecule has 1 aromatic rings. The molecule has 0 spiro atoms. The lowest BCUT2D eigenvalue weighted by atomic mass is 10.2. The van der Waals surface area contributed by atoms with Gasteiger partial charge in [-0.25, -0.2) is 10.8 Å². The molecule has 10 heteroatoms. The Labute approximate surface area is 116 Å². The van der Waals surface area contributed by atoms with Gasteiger partial charge in [-0.15, -0.1) is 0 Å². The molecule has 0 aliphatic rings. The van der Waals surface area contributed by atoms with Gasteiger partial charge in [0.05, 0.1) is 0 Å². The molecule has 1 heterocycles. The SMILES string of the molecule is NNc1cc(C(=O)NCCSC(F)(F)F)cc(Cl)n1. The topological polar surface area (TPSA) is 80.0 Å². The van der Waals surface area contributed by atoms with Crippen LogP contribution in [-0.2, 0) is 0 Å². The van der Waals surface area contributed by atoms with Crippen LogP contribution in [0, 0.1) is 0 Å². The van der Waals surface area contributed by atoms with Crippen LogP contribution >= 0.6 is 23.4 Å². The summed E-state index contributed by atoms with van der Waals surface area (Å²) in [6.07, 6.45) is 0. The third-order valence-corrected chi connectivity index (χ3v) is 2.79. The van der Waals surface area contributed by atoms with E-state index in [-0.39, 0.29) is 40.6 Å². The number of amides is 1. The quantitative estimate of drug-likeness (QED) is 0.335. The van der Waals surface area contributed by atoms with Gasteiger partial charge in [-0.05, 0) is 23.9 Å². The highest BCUT2D eigenvalue weighted by Crippen LogP contribution is 2.29. The van der Waals surface area contributed by atoms with E-state index >= 15 is 0 Å². The minimum Gasteiger partial charge on any atom is -0.351 e. The van der Waals surface area contributed by atoms with Gasteiger partial charge in [-0.2, -0.15) is 13.2 Å². The zero-order valence-electron chi connectivity index (χ0n) is 9.42. The van der Waals surface area contributed by atoms with Gasteiger partial charge in [-0.3, -0.25) is 4.79 Å². The summed E-state index contributed by atoms with van der Waals surface area (Å²) in [5.41, 5.74) is -1.93. The second-order valence-corrected chi connectivity index (χ2v) is 4.81. The molecule has 19 heavy (non-hydrogen) atoms. The van der Waals surface area contributed by atoms with Crippen molar-refractivity contribution in [3.8, 4) is 0 Å². The Hall–Kier alpha value is -1.19. The summed E-state index contributed by atoms with van der Waals surface area (Å²) < 4.78 is 35.6. The Morgan fingerprint density at radius 3 is 2.74 bits per heavy atom. The van der Waals surface area contributed by atoms with E-state index in [1.54, 1.807) is 0 Å². The number of rotatable bonds is 5. The number of anilines is 1. The smallest absolute Gasteiger partial charge is 0.351 e.